The number of benzene rings is 1. The lowest BCUT2D eigenvalue weighted by atomic mass is 10.0. The van der Waals surface area contributed by atoms with Gasteiger partial charge in [0.15, 0.2) is 11.6 Å². The van der Waals surface area contributed by atoms with Crippen LogP contribution in [0, 0.1) is 18.6 Å². The van der Waals surface area contributed by atoms with Gasteiger partial charge in [0.25, 0.3) is 0 Å². The first kappa shape index (κ1) is 17.3. The molecule has 1 aliphatic heterocycles. The smallest absolute Gasteiger partial charge is 0.230 e. The normalized spacial score (nSPS) is 17.8. The number of aryl methyl sites for hydroxylation is 1. The molecule has 3 heterocycles. The molecule has 0 amide bonds. The molecule has 1 fully saturated rings. The number of nitrogens with zero attached hydrogens (tertiary/aromatic N) is 5. The third kappa shape index (κ3) is 2.95. The molecule has 0 bridgehead atoms. The summed E-state index contributed by atoms with van der Waals surface area (Å²) in [6.07, 6.45) is 0. The summed E-state index contributed by atoms with van der Waals surface area (Å²) in [5.41, 5.74) is 0.602. The van der Waals surface area contributed by atoms with Gasteiger partial charge in [-0.2, -0.15) is 4.52 Å². The van der Waals surface area contributed by atoms with Crippen LogP contribution in [0.3, 0.4) is 0 Å². The summed E-state index contributed by atoms with van der Waals surface area (Å²) in [7, 11) is 2.05. The minimum Gasteiger partial charge on any atom is -0.492 e. The van der Waals surface area contributed by atoms with E-state index in [0.717, 1.165) is 32.2 Å². The third-order valence-electron chi connectivity index (χ3n) is 4.72. The largest absolute Gasteiger partial charge is 0.492 e. The Hall–Kier alpha value is -2.10. The first-order valence-corrected chi connectivity index (χ1v) is 9.18. The van der Waals surface area contributed by atoms with Crippen molar-refractivity contribution in [3.05, 3.63) is 46.1 Å². The number of thiazole rings is 1. The zero-order chi connectivity index (χ0) is 18.4. The van der Waals surface area contributed by atoms with Crippen LogP contribution in [0.4, 0.5) is 8.78 Å². The van der Waals surface area contributed by atoms with E-state index in [9.17, 15) is 13.9 Å². The van der Waals surface area contributed by atoms with Gasteiger partial charge in [-0.3, -0.25) is 4.90 Å². The van der Waals surface area contributed by atoms with E-state index in [1.807, 2.05) is 7.05 Å². The monoisotopic (exact) mass is 379 g/mol. The summed E-state index contributed by atoms with van der Waals surface area (Å²) in [4.78, 5) is 9.91. The molecule has 3 aromatic rings. The molecule has 0 aliphatic carbocycles. The van der Waals surface area contributed by atoms with E-state index in [-0.39, 0.29) is 11.9 Å². The number of hydrogen-bond donors (Lipinski definition) is 1. The summed E-state index contributed by atoms with van der Waals surface area (Å²) >= 11 is 1.32. The van der Waals surface area contributed by atoms with Crippen molar-refractivity contribution in [2.45, 2.75) is 13.0 Å². The molecule has 26 heavy (non-hydrogen) atoms. The third-order valence-corrected chi connectivity index (χ3v) is 5.79. The maximum Gasteiger partial charge on any atom is 0.230 e. The maximum absolute atomic E-state index is 13.9. The standard InChI is InChI=1S/C17H19F2N5OS/c1-10-20-17-24(21-10)16(25)15(26-17)14(23-7-5-22(2)6-8-23)11-3-4-12(18)13(19)9-11/h3-4,9,14,25H,5-8H2,1-2H3. The topological polar surface area (TPSA) is 56.9 Å². The van der Waals surface area contributed by atoms with Crippen LogP contribution in [0.25, 0.3) is 4.96 Å². The highest BCUT2D eigenvalue weighted by atomic mass is 32.1. The van der Waals surface area contributed by atoms with Crippen LogP contribution in [0.2, 0.25) is 0 Å². The van der Waals surface area contributed by atoms with E-state index in [0.29, 0.717) is 21.2 Å². The van der Waals surface area contributed by atoms with Crippen molar-refractivity contribution in [3.8, 4) is 5.88 Å². The maximum atomic E-state index is 13.9. The fraction of sp³-hybridized carbons (Fsp3) is 0.412. The lowest BCUT2D eigenvalue weighted by molar-refractivity contribution is 0.127. The van der Waals surface area contributed by atoms with Crippen molar-refractivity contribution in [1.82, 2.24) is 24.4 Å². The summed E-state index contributed by atoms with van der Waals surface area (Å²) in [6, 6.07) is 3.53. The van der Waals surface area contributed by atoms with Gasteiger partial charge in [0.1, 0.15) is 5.82 Å². The Labute approximate surface area is 153 Å². The molecular weight excluding hydrogens is 360 g/mol. The first-order valence-electron chi connectivity index (χ1n) is 8.36. The van der Waals surface area contributed by atoms with Gasteiger partial charge in [-0.05, 0) is 31.7 Å². The molecule has 1 N–H and O–H groups in total. The molecule has 0 saturated carbocycles. The van der Waals surface area contributed by atoms with E-state index in [1.165, 1.54) is 21.9 Å². The minimum absolute atomic E-state index is 0.000684. The predicted octanol–water partition coefficient (Wildman–Crippen LogP) is 2.42. The number of halogens is 2. The molecule has 9 heteroatoms. The molecule has 138 valence electrons. The van der Waals surface area contributed by atoms with Crippen LogP contribution in [0.15, 0.2) is 18.2 Å². The zero-order valence-electron chi connectivity index (χ0n) is 14.5. The van der Waals surface area contributed by atoms with Gasteiger partial charge in [0.2, 0.25) is 10.8 Å². The van der Waals surface area contributed by atoms with E-state index >= 15 is 0 Å². The van der Waals surface area contributed by atoms with Crippen LogP contribution in [-0.2, 0) is 0 Å². The second-order valence-electron chi connectivity index (χ2n) is 6.56. The van der Waals surface area contributed by atoms with E-state index < -0.39 is 11.6 Å². The average molecular weight is 379 g/mol. The highest BCUT2D eigenvalue weighted by Gasteiger charge is 2.31. The van der Waals surface area contributed by atoms with Crippen molar-refractivity contribution < 1.29 is 13.9 Å². The quantitative estimate of drug-likeness (QED) is 0.758. The van der Waals surface area contributed by atoms with Gasteiger partial charge in [-0.1, -0.05) is 17.4 Å². The summed E-state index contributed by atoms with van der Waals surface area (Å²) < 4.78 is 28.7. The zero-order valence-corrected chi connectivity index (χ0v) is 15.3. The second kappa shape index (κ2) is 6.57. The molecule has 0 radical (unpaired) electrons. The Bertz CT molecular complexity index is 948. The van der Waals surface area contributed by atoms with Gasteiger partial charge in [0.05, 0.1) is 10.9 Å². The molecule has 1 atom stereocenters. The molecular formula is C17H19F2N5OS. The number of hydrogen-bond acceptors (Lipinski definition) is 6. The van der Waals surface area contributed by atoms with Gasteiger partial charge < -0.3 is 10.0 Å². The van der Waals surface area contributed by atoms with Crippen LogP contribution in [0.5, 0.6) is 5.88 Å². The lowest BCUT2D eigenvalue weighted by Gasteiger charge is -2.37. The summed E-state index contributed by atoms with van der Waals surface area (Å²) in [5.74, 6) is -1.20. The Kier molecular flexibility index (Phi) is 4.37. The molecule has 6 nitrogen and oxygen atoms in total. The minimum atomic E-state index is -0.892. The van der Waals surface area contributed by atoms with E-state index in [2.05, 4.69) is 19.9 Å². The number of piperazine rings is 1. The molecule has 1 aliphatic rings. The molecule has 1 unspecified atom stereocenters. The molecule has 0 spiro atoms. The van der Waals surface area contributed by atoms with Crippen molar-refractivity contribution >= 4 is 16.3 Å². The number of rotatable bonds is 3. The average Bonchev–Trinajstić information content (AvgIpc) is 3.11. The highest BCUT2D eigenvalue weighted by molar-refractivity contribution is 7.17. The van der Waals surface area contributed by atoms with Crippen molar-refractivity contribution in [1.29, 1.82) is 0 Å². The van der Waals surface area contributed by atoms with Gasteiger partial charge >= 0.3 is 0 Å². The fourth-order valence-electron chi connectivity index (χ4n) is 3.32. The van der Waals surface area contributed by atoms with Gasteiger partial charge in [0, 0.05) is 26.2 Å². The summed E-state index contributed by atoms with van der Waals surface area (Å²) in [6.45, 7) is 4.99. The van der Waals surface area contributed by atoms with Crippen LogP contribution in [-0.4, -0.2) is 62.7 Å². The predicted molar refractivity (Wildman–Crippen MR) is 94.5 cm³/mol. The van der Waals surface area contributed by atoms with Crippen LogP contribution in [0.1, 0.15) is 22.3 Å². The molecule has 1 saturated heterocycles. The lowest BCUT2D eigenvalue weighted by Crippen LogP contribution is -2.46. The van der Waals surface area contributed by atoms with E-state index in [1.54, 1.807) is 13.0 Å². The summed E-state index contributed by atoms with van der Waals surface area (Å²) in [5, 5.41) is 14.9. The SMILES string of the molecule is Cc1nc2sc(C(c3ccc(F)c(F)c3)N3CCN(C)CC3)c(O)n2n1. The highest BCUT2D eigenvalue weighted by Crippen LogP contribution is 2.40. The van der Waals surface area contributed by atoms with Crippen LogP contribution < -0.4 is 0 Å². The van der Waals surface area contributed by atoms with E-state index in [4.69, 9.17) is 0 Å². The Morgan fingerprint density at radius 1 is 1.15 bits per heavy atom. The van der Waals surface area contributed by atoms with Gasteiger partial charge in [-0.15, -0.1) is 5.10 Å². The number of fused-ring (bicyclic) bond motifs is 1. The fourth-order valence-corrected chi connectivity index (χ4v) is 4.48. The number of likely N-dealkylation sites (N-methyl/N-ethyl adjacent to an activating group) is 1. The molecule has 4 rings (SSSR count). The Balaban J connectivity index is 1.82. The molecule has 2 aromatic heterocycles. The van der Waals surface area contributed by atoms with Crippen LogP contribution >= 0.6 is 11.3 Å². The second-order valence-corrected chi connectivity index (χ2v) is 7.57. The number of aromatic hydroxyl groups is 1. The van der Waals surface area contributed by atoms with Crippen molar-refractivity contribution in [3.63, 3.8) is 0 Å². The van der Waals surface area contributed by atoms with Crippen molar-refractivity contribution in [2.24, 2.45) is 0 Å². The Morgan fingerprint density at radius 2 is 1.88 bits per heavy atom. The number of aromatic nitrogens is 3. The van der Waals surface area contributed by atoms with Crippen molar-refractivity contribution in [2.75, 3.05) is 33.2 Å². The first-order chi connectivity index (χ1) is 12.4. The van der Waals surface area contributed by atoms with Gasteiger partial charge in [-0.25, -0.2) is 13.8 Å². The molecule has 1 aromatic carbocycles. The Morgan fingerprint density at radius 3 is 2.54 bits per heavy atom.